The third-order valence-corrected chi connectivity index (χ3v) is 3.39. The number of hydrogen-bond donors (Lipinski definition) is 2. The Morgan fingerprint density at radius 3 is 2.41 bits per heavy atom. The molecular formula is C16H13ClFNO3. The van der Waals surface area contributed by atoms with Gasteiger partial charge in [0.25, 0.3) is 5.91 Å². The quantitative estimate of drug-likeness (QED) is 0.890. The summed E-state index contributed by atoms with van der Waals surface area (Å²) in [7, 11) is 0. The molecule has 0 radical (unpaired) electrons. The van der Waals surface area contributed by atoms with Gasteiger partial charge in [0.15, 0.2) is 0 Å². The van der Waals surface area contributed by atoms with E-state index in [1.807, 2.05) is 0 Å². The molecule has 22 heavy (non-hydrogen) atoms. The summed E-state index contributed by atoms with van der Waals surface area (Å²) in [5.74, 6) is -2.86. The van der Waals surface area contributed by atoms with E-state index in [1.54, 1.807) is 30.3 Å². The summed E-state index contributed by atoms with van der Waals surface area (Å²) in [6.45, 7) is 0. The van der Waals surface area contributed by atoms with E-state index < -0.39 is 23.7 Å². The second kappa shape index (κ2) is 7.04. The normalized spacial score (nSPS) is 11.7. The van der Waals surface area contributed by atoms with Crippen LogP contribution in [0.2, 0.25) is 5.02 Å². The van der Waals surface area contributed by atoms with Crippen LogP contribution in [0, 0.1) is 5.82 Å². The molecule has 0 aromatic heterocycles. The molecule has 2 rings (SSSR count). The number of carbonyl (C=O) groups is 2. The van der Waals surface area contributed by atoms with E-state index in [4.69, 9.17) is 11.6 Å². The molecule has 0 aliphatic rings. The highest BCUT2D eigenvalue weighted by Gasteiger charge is 2.24. The number of rotatable bonds is 5. The minimum atomic E-state index is -1.20. The molecule has 2 aromatic carbocycles. The highest BCUT2D eigenvalue weighted by molar-refractivity contribution is 6.33. The summed E-state index contributed by atoms with van der Waals surface area (Å²) in [4.78, 5) is 23.4. The van der Waals surface area contributed by atoms with Crippen LogP contribution in [0.3, 0.4) is 0 Å². The zero-order chi connectivity index (χ0) is 16.1. The van der Waals surface area contributed by atoms with Gasteiger partial charge in [-0.2, -0.15) is 0 Å². The van der Waals surface area contributed by atoms with Crippen molar-refractivity contribution in [1.82, 2.24) is 5.32 Å². The van der Waals surface area contributed by atoms with Gasteiger partial charge in [0.05, 0.1) is 10.6 Å². The molecule has 0 aliphatic carbocycles. The second-order valence-corrected chi connectivity index (χ2v) is 5.06. The number of carbonyl (C=O) groups excluding carboxylic acids is 1. The molecule has 1 atom stereocenters. The van der Waals surface area contributed by atoms with Gasteiger partial charge in [-0.25, -0.2) is 9.18 Å². The van der Waals surface area contributed by atoms with Crippen LogP contribution in [0.25, 0.3) is 0 Å². The predicted molar refractivity (Wildman–Crippen MR) is 80.4 cm³/mol. The Morgan fingerprint density at radius 1 is 1.14 bits per heavy atom. The first-order valence-corrected chi connectivity index (χ1v) is 6.88. The molecule has 2 N–H and O–H groups in total. The fourth-order valence-electron chi connectivity index (χ4n) is 2.00. The lowest BCUT2D eigenvalue weighted by molar-refractivity contribution is -0.139. The molecule has 0 heterocycles. The third kappa shape index (κ3) is 3.83. The van der Waals surface area contributed by atoms with E-state index in [9.17, 15) is 19.1 Å². The van der Waals surface area contributed by atoms with Crippen molar-refractivity contribution in [3.8, 4) is 0 Å². The van der Waals surface area contributed by atoms with Crippen LogP contribution in [-0.4, -0.2) is 23.0 Å². The lowest BCUT2D eigenvalue weighted by Gasteiger charge is -2.15. The molecule has 0 fully saturated rings. The minimum absolute atomic E-state index is 0.0682. The molecule has 0 spiro atoms. The fourth-order valence-corrected chi connectivity index (χ4v) is 2.24. The van der Waals surface area contributed by atoms with Gasteiger partial charge >= 0.3 is 5.97 Å². The number of hydrogen-bond acceptors (Lipinski definition) is 2. The third-order valence-electron chi connectivity index (χ3n) is 3.08. The lowest BCUT2D eigenvalue weighted by atomic mass is 10.1. The number of benzene rings is 2. The van der Waals surface area contributed by atoms with Crippen molar-refractivity contribution in [2.75, 3.05) is 0 Å². The summed E-state index contributed by atoms with van der Waals surface area (Å²) >= 11 is 5.80. The number of nitrogens with one attached hydrogen (secondary N) is 1. The minimum Gasteiger partial charge on any atom is -0.480 e. The van der Waals surface area contributed by atoms with Crippen LogP contribution in [0.1, 0.15) is 15.9 Å². The summed E-state index contributed by atoms with van der Waals surface area (Å²) in [6, 6.07) is 11.5. The van der Waals surface area contributed by atoms with E-state index in [1.165, 1.54) is 12.1 Å². The first kappa shape index (κ1) is 16.0. The predicted octanol–water partition coefficient (Wildman–Crippen LogP) is 2.90. The van der Waals surface area contributed by atoms with Gasteiger partial charge < -0.3 is 10.4 Å². The van der Waals surface area contributed by atoms with E-state index in [2.05, 4.69) is 5.32 Å². The maximum Gasteiger partial charge on any atom is 0.326 e. The SMILES string of the molecule is O=C(N[C@@H](Cc1ccccc1)C(=O)O)c1c(F)cccc1Cl. The van der Waals surface area contributed by atoms with Crippen molar-refractivity contribution in [3.63, 3.8) is 0 Å². The van der Waals surface area contributed by atoms with Gasteiger partial charge in [-0.3, -0.25) is 4.79 Å². The maximum absolute atomic E-state index is 13.7. The number of carboxylic acid groups (broad SMARTS) is 1. The van der Waals surface area contributed by atoms with Crippen molar-refractivity contribution in [2.45, 2.75) is 12.5 Å². The number of halogens is 2. The molecule has 0 unspecified atom stereocenters. The Kier molecular flexibility index (Phi) is 5.12. The number of carboxylic acids is 1. The molecule has 6 heteroatoms. The Labute approximate surface area is 131 Å². The Morgan fingerprint density at radius 2 is 1.82 bits per heavy atom. The zero-order valence-electron chi connectivity index (χ0n) is 11.4. The maximum atomic E-state index is 13.7. The summed E-state index contributed by atoms with van der Waals surface area (Å²) < 4.78 is 13.7. The number of amides is 1. The van der Waals surface area contributed by atoms with Crippen molar-refractivity contribution in [1.29, 1.82) is 0 Å². The van der Waals surface area contributed by atoms with Gasteiger partial charge in [-0.05, 0) is 17.7 Å². The van der Waals surface area contributed by atoms with Crippen LogP contribution in [-0.2, 0) is 11.2 Å². The number of aliphatic carboxylic acids is 1. The Bertz CT molecular complexity index is 671. The molecule has 114 valence electrons. The van der Waals surface area contributed by atoms with Crippen molar-refractivity contribution in [3.05, 3.63) is 70.5 Å². The molecule has 0 bridgehead atoms. The molecule has 1 amide bonds. The highest BCUT2D eigenvalue weighted by Crippen LogP contribution is 2.19. The van der Waals surface area contributed by atoms with Crippen LogP contribution in [0.15, 0.2) is 48.5 Å². The van der Waals surface area contributed by atoms with Crippen molar-refractivity contribution in [2.24, 2.45) is 0 Å². The van der Waals surface area contributed by atoms with Gasteiger partial charge in [-0.15, -0.1) is 0 Å². The van der Waals surface area contributed by atoms with Gasteiger partial charge in [0.1, 0.15) is 11.9 Å². The van der Waals surface area contributed by atoms with Crippen molar-refractivity contribution >= 4 is 23.5 Å². The van der Waals surface area contributed by atoms with E-state index in [0.717, 1.165) is 11.6 Å². The van der Waals surface area contributed by atoms with Crippen LogP contribution >= 0.6 is 11.6 Å². The Balaban J connectivity index is 2.18. The lowest BCUT2D eigenvalue weighted by Crippen LogP contribution is -2.42. The first-order chi connectivity index (χ1) is 10.5. The zero-order valence-corrected chi connectivity index (χ0v) is 12.2. The van der Waals surface area contributed by atoms with Crippen molar-refractivity contribution < 1.29 is 19.1 Å². The smallest absolute Gasteiger partial charge is 0.326 e. The summed E-state index contributed by atoms with van der Waals surface area (Å²) in [6.07, 6.45) is 0.0913. The van der Waals surface area contributed by atoms with Gasteiger partial charge in [-0.1, -0.05) is 48.0 Å². The van der Waals surface area contributed by atoms with E-state index >= 15 is 0 Å². The molecule has 4 nitrogen and oxygen atoms in total. The second-order valence-electron chi connectivity index (χ2n) is 4.65. The molecule has 0 saturated carbocycles. The standard InChI is InChI=1S/C16H13ClFNO3/c17-11-7-4-8-12(18)14(11)15(20)19-13(16(21)22)9-10-5-2-1-3-6-10/h1-8,13H,9H2,(H,19,20)(H,21,22)/t13-/m0/s1. The van der Waals surface area contributed by atoms with Crippen LogP contribution in [0.4, 0.5) is 4.39 Å². The average molecular weight is 322 g/mol. The largest absolute Gasteiger partial charge is 0.480 e. The topological polar surface area (TPSA) is 66.4 Å². The van der Waals surface area contributed by atoms with Crippen LogP contribution < -0.4 is 5.32 Å². The fraction of sp³-hybridized carbons (Fsp3) is 0.125. The summed E-state index contributed by atoms with van der Waals surface area (Å²) in [5, 5.41) is 11.5. The van der Waals surface area contributed by atoms with Gasteiger partial charge in [0, 0.05) is 6.42 Å². The monoisotopic (exact) mass is 321 g/mol. The average Bonchev–Trinajstić information content (AvgIpc) is 2.47. The summed E-state index contributed by atoms with van der Waals surface area (Å²) in [5.41, 5.74) is 0.387. The Hall–Kier alpha value is -2.40. The first-order valence-electron chi connectivity index (χ1n) is 6.50. The van der Waals surface area contributed by atoms with E-state index in [-0.39, 0.29) is 17.0 Å². The van der Waals surface area contributed by atoms with E-state index in [0.29, 0.717) is 0 Å². The molecule has 0 aliphatic heterocycles. The molecule has 0 saturated heterocycles. The highest BCUT2D eigenvalue weighted by atomic mass is 35.5. The molecular weight excluding hydrogens is 309 g/mol. The van der Waals surface area contributed by atoms with Gasteiger partial charge in [0.2, 0.25) is 0 Å². The van der Waals surface area contributed by atoms with Crippen LogP contribution in [0.5, 0.6) is 0 Å². The molecule has 2 aromatic rings.